The number of hydrogen-bond donors (Lipinski definition) is 2. The lowest BCUT2D eigenvalue weighted by Gasteiger charge is -2.07. The molecule has 1 heterocycles. The Balaban J connectivity index is 1.56. The summed E-state index contributed by atoms with van der Waals surface area (Å²) in [7, 11) is 0. The van der Waals surface area contributed by atoms with E-state index < -0.39 is 0 Å². The number of amides is 1. The van der Waals surface area contributed by atoms with E-state index in [0.717, 1.165) is 16.9 Å². The Kier molecular flexibility index (Phi) is 5.71. The maximum Gasteiger partial charge on any atom is 0.227 e. The Labute approximate surface area is 157 Å². The molecule has 0 aliphatic carbocycles. The SMILES string of the molecule is CCOc1ccc(-c2noc(CCC(=O)Nc3ccc(C)cc3O)n2)cc1. The second-order valence-electron chi connectivity index (χ2n) is 6.04. The van der Waals surface area contributed by atoms with E-state index in [9.17, 15) is 9.90 Å². The van der Waals surface area contributed by atoms with Gasteiger partial charge >= 0.3 is 0 Å². The number of carbonyl (C=O) groups excluding carboxylic acids is 1. The largest absolute Gasteiger partial charge is 0.506 e. The zero-order chi connectivity index (χ0) is 19.2. The van der Waals surface area contributed by atoms with Crippen LogP contribution < -0.4 is 10.1 Å². The highest BCUT2D eigenvalue weighted by molar-refractivity contribution is 5.92. The predicted molar refractivity (Wildman–Crippen MR) is 101 cm³/mol. The van der Waals surface area contributed by atoms with Gasteiger partial charge in [-0.3, -0.25) is 4.79 Å². The van der Waals surface area contributed by atoms with Crippen molar-refractivity contribution in [2.75, 3.05) is 11.9 Å². The third-order valence-corrected chi connectivity index (χ3v) is 3.88. The number of phenolic OH excluding ortho intramolecular Hbond substituents is 1. The fourth-order valence-corrected chi connectivity index (χ4v) is 2.52. The number of nitrogens with zero attached hydrogens (tertiary/aromatic N) is 2. The highest BCUT2D eigenvalue weighted by Gasteiger charge is 2.12. The molecule has 0 saturated heterocycles. The van der Waals surface area contributed by atoms with Gasteiger partial charge in [-0.25, -0.2) is 0 Å². The molecule has 7 heteroatoms. The summed E-state index contributed by atoms with van der Waals surface area (Å²) in [6, 6.07) is 12.5. The van der Waals surface area contributed by atoms with Crippen molar-refractivity contribution >= 4 is 11.6 Å². The molecular weight excluding hydrogens is 346 g/mol. The smallest absolute Gasteiger partial charge is 0.227 e. The van der Waals surface area contributed by atoms with Crippen LogP contribution in [-0.2, 0) is 11.2 Å². The first-order valence-corrected chi connectivity index (χ1v) is 8.70. The van der Waals surface area contributed by atoms with Gasteiger partial charge in [-0.2, -0.15) is 4.98 Å². The van der Waals surface area contributed by atoms with Crippen LogP contribution in [0.2, 0.25) is 0 Å². The zero-order valence-corrected chi connectivity index (χ0v) is 15.2. The minimum Gasteiger partial charge on any atom is -0.506 e. The Morgan fingerprint density at radius 3 is 2.70 bits per heavy atom. The minimum absolute atomic E-state index is 0.0407. The van der Waals surface area contributed by atoms with Crippen molar-refractivity contribution in [2.24, 2.45) is 0 Å². The lowest BCUT2D eigenvalue weighted by Crippen LogP contribution is -2.12. The third kappa shape index (κ3) is 4.84. The van der Waals surface area contributed by atoms with Crippen molar-refractivity contribution in [2.45, 2.75) is 26.7 Å². The second-order valence-corrected chi connectivity index (χ2v) is 6.04. The fourth-order valence-electron chi connectivity index (χ4n) is 2.52. The second kappa shape index (κ2) is 8.35. The number of carbonyl (C=O) groups is 1. The van der Waals surface area contributed by atoms with Gasteiger partial charge in [0.05, 0.1) is 12.3 Å². The monoisotopic (exact) mass is 367 g/mol. The van der Waals surface area contributed by atoms with Gasteiger partial charge in [-0.1, -0.05) is 11.2 Å². The average Bonchev–Trinajstić information content (AvgIpc) is 3.12. The van der Waals surface area contributed by atoms with Crippen molar-refractivity contribution < 1.29 is 19.2 Å². The van der Waals surface area contributed by atoms with Crippen molar-refractivity contribution in [1.82, 2.24) is 10.1 Å². The molecule has 0 aliphatic rings. The van der Waals surface area contributed by atoms with E-state index in [1.54, 1.807) is 12.1 Å². The predicted octanol–water partition coefficient (Wildman–Crippen LogP) is 3.72. The van der Waals surface area contributed by atoms with Crippen LogP contribution in [0.25, 0.3) is 11.4 Å². The summed E-state index contributed by atoms with van der Waals surface area (Å²) in [6.45, 7) is 4.40. The van der Waals surface area contributed by atoms with E-state index in [1.807, 2.05) is 44.2 Å². The first-order valence-electron chi connectivity index (χ1n) is 8.70. The quantitative estimate of drug-likeness (QED) is 0.618. The molecule has 2 N–H and O–H groups in total. The van der Waals surface area contributed by atoms with E-state index in [4.69, 9.17) is 9.26 Å². The molecule has 3 rings (SSSR count). The summed E-state index contributed by atoms with van der Waals surface area (Å²) in [5.74, 6) is 1.42. The molecule has 0 bridgehead atoms. The van der Waals surface area contributed by atoms with Crippen LogP contribution in [0.15, 0.2) is 47.0 Å². The number of aromatic hydroxyl groups is 1. The van der Waals surface area contributed by atoms with Crippen LogP contribution in [0.4, 0.5) is 5.69 Å². The normalized spacial score (nSPS) is 10.6. The van der Waals surface area contributed by atoms with Crippen molar-refractivity contribution in [1.29, 1.82) is 0 Å². The third-order valence-electron chi connectivity index (χ3n) is 3.88. The van der Waals surface area contributed by atoms with Crippen molar-refractivity contribution in [3.8, 4) is 22.9 Å². The summed E-state index contributed by atoms with van der Waals surface area (Å²) in [6.07, 6.45) is 0.473. The van der Waals surface area contributed by atoms with Crippen LogP contribution in [0, 0.1) is 6.92 Å². The average molecular weight is 367 g/mol. The Morgan fingerprint density at radius 2 is 2.00 bits per heavy atom. The molecule has 0 aliphatic heterocycles. The topological polar surface area (TPSA) is 97.5 Å². The number of anilines is 1. The molecule has 0 fully saturated rings. The summed E-state index contributed by atoms with van der Waals surface area (Å²) in [5, 5.41) is 16.5. The van der Waals surface area contributed by atoms with Gasteiger partial charge in [0, 0.05) is 18.4 Å². The van der Waals surface area contributed by atoms with Crippen LogP contribution >= 0.6 is 0 Å². The highest BCUT2D eigenvalue weighted by Crippen LogP contribution is 2.24. The van der Waals surface area contributed by atoms with Gasteiger partial charge in [0.2, 0.25) is 17.6 Å². The van der Waals surface area contributed by atoms with E-state index in [0.29, 0.717) is 30.4 Å². The van der Waals surface area contributed by atoms with E-state index in [2.05, 4.69) is 15.5 Å². The molecule has 140 valence electrons. The number of rotatable bonds is 7. The van der Waals surface area contributed by atoms with Gasteiger partial charge in [0.1, 0.15) is 11.5 Å². The number of benzene rings is 2. The van der Waals surface area contributed by atoms with Crippen LogP contribution in [0.1, 0.15) is 24.8 Å². The lowest BCUT2D eigenvalue weighted by molar-refractivity contribution is -0.116. The lowest BCUT2D eigenvalue weighted by atomic mass is 10.2. The Morgan fingerprint density at radius 1 is 1.22 bits per heavy atom. The zero-order valence-electron chi connectivity index (χ0n) is 15.2. The van der Waals surface area contributed by atoms with Crippen molar-refractivity contribution in [3.63, 3.8) is 0 Å². The van der Waals surface area contributed by atoms with Gasteiger partial charge in [0.25, 0.3) is 0 Å². The molecule has 0 unspecified atom stereocenters. The molecule has 7 nitrogen and oxygen atoms in total. The number of ether oxygens (including phenoxy) is 1. The molecule has 27 heavy (non-hydrogen) atoms. The van der Waals surface area contributed by atoms with Crippen LogP contribution in [-0.4, -0.2) is 27.8 Å². The maximum absolute atomic E-state index is 12.1. The van der Waals surface area contributed by atoms with Crippen LogP contribution in [0.3, 0.4) is 0 Å². The number of aryl methyl sites for hydroxylation is 2. The first kappa shape index (κ1) is 18.4. The van der Waals surface area contributed by atoms with E-state index >= 15 is 0 Å². The molecule has 1 aromatic heterocycles. The molecule has 0 atom stereocenters. The van der Waals surface area contributed by atoms with Gasteiger partial charge in [0.15, 0.2) is 0 Å². The molecular formula is C20H21N3O4. The molecule has 0 spiro atoms. The van der Waals surface area contributed by atoms with E-state index in [1.165, 1.54) is 0 Å². The molecule has 0 radical (unpaired) electrons. The van der Waals surface area contributed by atoms with Gasteiger partial charge in [-0.15, -0.1) is 0 Å². The number of phenols is 1. The minimum atomic E-state index is -0.241. The Hall–Kier alpha value is -3.35. The summed E-state index contributed by atoms with van der Waals surface area (Å²) < 4.78 is 10.6. The maximum atomic E-state index is 12.1. The summed E-state index contributed by atoms with van der Waals surface area (Å²) >= 11 is 0. The Bertz CT molecular complexity index is 919. The summed E-state index contributed by atoms with van der Waals surface area (Å²) in [5.41, 5.74) is 2.10. The number of aromatic nitrogens is 2. The van der Waals surface area contributed by atoms with Gasteiger partial charge < -0.3 is 19.7 Å². The number of nitrogens with one attached hydrogen (secondary N) is 1. The van der Waals surface area contributed by atoms with Crippen LogP contribution in [0.5, 0.6) is 11.5 Å². The first-order chi connectivity index (χ1) is 13.0. The standard InChI is InChI=1S/C20H21N3O4/c1-3-26-15-7-5-14(6-8-15)20-22-19(27-23-20)11-10-18(25)21-16-9-4-13(2)12-17(16)24/h4-9,12,24H,3,10-11H2,1-2H3,(H,21,25). The highest BCUT2D eigenvalue weighted by atomic mass is 16.5. The number of hydrogen-bond acceptors (Lipinski definition) is 6. The van der Waals surface area contributed by atoms with Gasteiger partial charge in [-0.05, 0) is 55.8 Å². The fraction of sp³-hybridized carbons (Fsp3) is 0.250. The molecule has 0 saturated carbocycles. The molecule has 2 aromatic carbocycles. The van der Waals surface area contributed by atoms with E-state index in [-0.39, 0.29) is 18.1 Å². The molecule has 3 aromatic rings. The van der Waals surface area contributed by atoms with Crippen molar-refractivity contribution in [3.05, 3.63) is 53.9 Å². The molecule has 1 amide bonds. The summed E-state index contributed by atoms with van der Waals surface area (Å²) in [4.78, 5) is 16.4.